The number of nitrogens with one attached hydrogen (secondary N) is 1. The van der Waals surface area contributed by atoms with Crippen molar-refractivity contribution in [2.24, 2.45) is 5.73 Å². The molecule has 3 N–H and O–H groups in total. The summed E-state index contributed by atoms with van der Waals surface area (Å²) in [5.41, 5.74) is 4.85. The topological polar surface area (TPSA) is 90.7 Å². The fraction of sp³-hybridized carbons (Fsp3) is 0.579. The van der Waals surface area contributed by atoms with Gasteiger partial charge in [0.25, 0.3) is 11.8 Å². The number of hydrogen-bond acceptors (Lipinski definition) is 4. The van der Waals surface area contributed by atoms with Crippen LogP contribution in [-0.4, -0.2) is 30.6 Å². The van der Waals surface area contributed by atoms with Crippen LogP contribution in [0.2, 0.25) is 0 Å². The quantitative estimate of drug-likeness (QED) is 0.566. The van der Waals surface area contributed by atoms with E-state index in [4.69, 9.17) is 15.2 Å². The predicted molar refractivity (Wildman–Crippen MR) is 98.6 cm³/mol. The third kappa shape index (κ3) is 7.56. The maximum Gasteiger partial charge on any atom is 0.256 e. The molecule has 0 aliphatic rings. The minimum Gasteiger partial charge on any atom is -0.484 e. The Balaban J connectivity index is 2.69. The highest BCUT2D eigenvalue weighted by atomic mass is 16.5. The highest BCUT2D eigenvalue weighted by Gasteiger charge is 2.33. The summed E-state index contributed by atoms with van der Waals surface area (Å²) in [6, 6.07) is 6.81. The summed E-state index contributed by atoms with van der Waals surface area (Å²) in [6.07, 6.45) is 4.67. The third-order valence-corrected chi connectivity index (χ3v) is 3.86. The summed E-state index contributed by atoms with van der Waals surface area (Å²) in [6.45, 7) is 6.38. The van der Waals surface area contributed by atoms with Crippen LogP contribution < -0.4 is 15.8 Å². The van der Waals surface area contributed by atoms with E-state index in [0.717, 1.165) is 25.7 Å². The van der Waals surface area contributed by atoms with Crippen LogP contribution in [-0.2, 0) is 14.3 Å². The van der Waals surface area contributed by atoms with E-state index >= 15 is 0 Å². The lowest BCUT2D eigenvalue weighted by Crippen LogP contribution is -2.43. The SMILES string of the molecule is CCCCC[C@](C)(OCCC)C(=O)Nc1ccc(OCC(N)=O)cc1. The maximum atomic E-state index is 12.7. The van der Waals surface area contributed by atoms with Crippen LogP contribution in [0.1, 0.15) is 52.9 Å². The Kier molecular flexibility index (Phi) is 8.99. The molecule has 0 heterocycles. The van der Waals surface area contributed by atoms with Crippen molar-refractivity contribution in [3.63, 3.8) is 0 Å². The smallest absolute Gasteiger partial charge is 0.256 e. The summed E-state index contributed by atoms with van der Waals surface area (Å²) < 4.78 is 11.1. The van der Waals surface area contributed by atoms with E-state index < -0.39 is 11.5 Å². The number of ether oxygens (including phenoxy) is 2. The van der Waals surface area contributed by atoms with Crippen molar-refractivity contribution >= 4 is 17.5 Å². The monoisotopic (exact) mass is 350 g/mol. The van der Waals surface area contributed by atoms with E-state index in [1.165, 1.54) is 0 Å². The number of hydrogen-bond donors (Lipinski definition) is 2. The molecular weight excluding hydrogens is 320 g/mol. The summed E-state index contributed by atoms with van der Waals surface area (Å²) in [5.74, 6) is -0.166. The van der Waals surface area contributed by atoms with Gasteiger partial charge in [-0.3, -0.25) is 9.59 Å². The van der Waals surface area contributed by atoms with Gasteiger partial charge in [0.1, 0.15) is 11.4 Å². The first kappa shape index (κ1) is 21.0. The van der Waals surface area contributed by atoms with Crippen molar-refractivity contribution in [2.45, 2.75) is 58.5 Å². The van der Waals surface area contributed by atoms with Crippen LogP contribution in [0.15, 0.2) is 24.3 Å². The number of amides is 2. The molecule has 1 aromatic carbocycles. The van der Waals surface area contributed by atoms with Crippen LogP contribution in [0, 0.1) is 0 Å². The fourth-order valence-corrected chi connectivity index (χ4v) is 2.34. The fourth-order valence-electron chi connectivity index (χ4n) is 2.34. The molecule has 0 spiro atoms. The predicted octanol–water partition coefficient (Wildman–Crippen LogP) is 3.25. The van der Waals surface area contributed by atoms with E-state index in [0.29, 0.717) is 24.5 Å². The van der Waals surface area contributed by atoms with Gasteiger partial charge < -0.3 is 20.5 Å². The van der Waals surface area contributed by atoms with E-state index in [1.807, 2.05) is 13.8 Å². The molecule has 0 aromatic heterocycles. The van der Waals surface area contributed by atoms with E-state index in [2.05, 4.69) is 12.2 Å². The molecule has 0 saturated carbocycles. The number of nitrogens with two attached hydrogens (primary N) is 1. The van der Waals surface area contributed by atoms with Crippen LogP contribution in [0.3, 0.4) is 0 Å². The minimum atomic E-state index is -0.841. The molecule has 6 heteroatoms. The van der Waals surface area contributed by atoms with Crippen molar-refractivity contribution in [1.82, 2.24) is 0 Å². The van der Waals surface area contributed by atoms with Gasteiger partial charge in [-0.05, 0) is 44.0 Å². The van der Waals surface area contributed by atoms with Gasteiger partial charge in [-0.1, -0.05) is 33.1 Å². The summed E-state index contributed by atoms with van der Waals surface area (Å²) in [7, 11) is 0. The van der Waals surface area contributed by atoms with Crippen molar-refractivity contribution in [1.29, 1.82) is 0 Å². The van der Waals surface area contributed by atoms with Crippen molar-refractivity contribution < 1.29 is 19.1 Å². The molecule has 140 valence electrons. The molecule has 1 atom stereocenters. The molecule has 6 nitrogen and oxygen atoms in total. The van der Waals surface area contributed by atoms with Crippen molar-refractivity contribution in [3.05, 3.63) is 24.3 Å². The molecule has 0 aliphatic carbocycles. The van der Waals surface area contributed by atoms with Gasteiger partial charge in [0.05, 0.1) is 0 Å². The molecule has 1 rings (SSSR count). The highest BCUT2D eigenvalue weighted by molar-refractivity contribution is 5.97. The van der Waals surface area contributed by atoms with Gasteiger partial charge in [0.15, 0.2) is 6.61 Å². The van der Waals surface area contributed by atoms with Gasteiger partial charge in [-0.2, -0.15) is 0 Å². The van der Waals surface area contributed by atoms with Crippen LogP contribution in [0.25, 0.3) is 0 Å². The molecule has 1 aromatic rings. The normalized spacial score (nSPS) is 13.1. The molecule has 2 amide bonds. The maximum absolute atomic E-state index is 12.7. The van der Waals surface area contributed by atoms with Gasteiger partial charge in [0.2, 0.25) is 0 Å². The molecule has 0 bridgehead atoms. The number of carbonyl (C=O) groups excluding carboxylic acids is 2. The lowest BCUT2D eigenvalue weighted by atomic mass is 9.96. The van der Waals surface area contributed by atoms with Gasteiger partial charge in [-0.15, -0.1) is 0 Å². The number of carbonyl (C=O) groups is 2. The average Bonchev–Trinajstić information content (AvgIpc) is 2.59. The van der Waals surface area contributed by atoms with Gasteiger partial charge >= 0.3 is 0 Å². The first-order chi connectivity index (χ1) is 11.9. The Morgan fingerprint density at radius 3 is 2.36 bits per heavy atom. The summed E-state index contributed by atoms with van der Waals surface area (Å²) in [5, 5.41) is 2.90. The Labute approximate surface area is 150 Å². The van der Waals surface area contributed by atoms with Gasteiger partial charge in [0, 0.05) is 12.3 Å². The molecule has 0 saturated heterocycles. The first-order valence-corrected chi connectivity index (χ1v) is 8.88. The molecular formula is C19H30N2O4. The Morgan fingerprint density at radius 1 is 1.12 bits per heavy atom. The average molecular weight is 350 g/mol. The van der Waals surface area contributed by atoms with E-state index in [1.54, 1.807) is 24.3 Å². The molecule has 0 aliphatic heterocycles. The highest BCUT2D eigenvalue weighted by Crippen LogP contribution is 2.23. The Hall–Kier alpha value is -2.08. The molecule has 0 unspecified atom stereocenters. The summed E-state index contributed by atoms with van der Waals surface area (Å²) in [4.78, 5) is 23.4. The molecule has 0 radical (unpaired) electrons. The largest absolute Gasteiger partial charge is 0.484 e. The Bertz CT molecular complexity index is 545. The van der Waals surface area contributed by atoms with Crippen LogP contribution >= 0.6 is 0 Å². The Morgan fingerprint density at radius 2 is 1.80 bits per heavy atom. The number of anilines is 1. The molecule has 0 fully saturated rings. The van der Waals surface area contributed by atoms with Crippen molar-refractivity contribution in [3.8, 4) is 5.75 Å². The lowest BCUT2D eigenvalue weighted by Gasteiger charge is -2.28. The summed E-state index contributed by atoms with van der Waals surface area (Å²) >= 11 is 0. The zero-order valence-electron chi connectivity index (χ0n) is 15.5. The number of primary amides is 1. The van der Waals surface area contributed by atoms with Crippen LogP contribution in [0.4, 0.5) is 5.69 Å². The number of rotatable bonds is 12. The zero-order valence-corrected chi connectivity index (χ0v) is 15.5. The van der Waals surface area contributed by atoms with Crippen LogP contribution in [0.5, 0.6) is 5.75 Å². The third-order valence-electron chi connectivity index (χ3n) is 3.86. The zero-order chi connectivity index (χ0) is 18.7. The van der Waals surface area contributed by atoms with Gasteiger partial charge in [-0.25, -0.2) is 0 Å². The lowest BCUT2D eigenvalue weighted by molar-refractivity contribution is -0.140. The molecule has 25 heavy (non-hydrogen) atoms. The van der Waals surface area contributed by atoms with E-state index in [-0.39, 0.29) is 12.5 Å². The van der Waals surface area contributed by atoms with E-state index in [9.17, 15) is 9.59 Å². The first-order valence-electron chi connectivity index (χ1n) is 8.88. The number of unbranched alkanes of at least 4 members (excludes halogenated alkanes) is 2. The second-order valence-corrected chi connectivity index (χ2v) is 6.27. The minimum absolute atomic E-state index is 0.150. The second kappa shape index (κ2) is 10.7. The van der Waals surface area contributed by atoms with Crippen molar-refractivity contribution in [2.75, 3.05) is 18.5 Å². The number of benzene rings is 1. The second-order valence-electron chi connectivity index (χ2n) is 6.27. The standard InChI is InChI=1S/C19H30N2O4/c1-4-6-7-12-19(3,25-13-5-2)18(23)21-15-8-10-16(11-9-15)24-14-17(20)22/h8-11H,4-7,12-14H2,1-3H3,(H2,20,22)(H,21,23)/t19-/m0/s1.